The van der Waals surface area contributed by atoms with E-state index in [0.29, 0.717) is 6.04 Å². The molecule has 138 valence electrons. The third-order valence-corrected chi connectivity index (χ3v) is 7.58. The van der Waals surface area contributed by atoms with Gasteiger partial charge in [-0.2, -0.15) is 0 Å². The van der Waals surface area contributed by atoms with Gasteiger partial charge in [0.25, 0.3) is 0 Å². The molecule has 1 unspecified atom stereocenters. The minimum absolute atomic E-state index is 0.664. The first-order chi connectivity index (χ1) is 12.6. The van der Waals surface area contributed by atoms with E-state index in [-0.39, 0.29) is 0 Å². The van der Waals surface area contributed by atoms with Gasteiger partial charge in [-0.3, -0.25) is 4.21 Å². The number of anilines is 2. The summed E-state index contributed by atoms with van der Waals surface area (Å²) >= 11 is 1.82. The second-order valence-corrected chi connectivity index (χ2v) is 9.69. The van der Waals surface area contributed by atoms with E-state index in [1.54, 1.807) is 6.26 Å². The van der Waals surface area contributed by atoms with Gasteiger partial charge in [0.15, 0.2) is 0 Å². The topological polar surface area (TPSA) is 23.6 Å². The molecule has 0 amide bonds. The largest absolute Gasteiger partial charge is 0.340 e. The van der Waals surface area contributed by atoms with Crippen LogP contribution >= 0.6 is 11.8 Å². The van der Waals surface area contributed by atoms with Crippen LogP contribution in [0.25, 0.3) is 0 Å². The third-order valence-electron chi connectivity index (χ3n) is 5.54. The van der Waals surface area contributed by atoms with Crippen molar-refractivity contribution < 1.29 is 4.21 Å². The molecule has 0 radical (unpaired) electrons. The summed E-state index contributed by atoms with van der Waals surface area (Å²) in [5, 5.41) is 0. The van der Waals surface area contributed by atoms with Gasteiger partial charge in [-0.25, -0.2) is 0 Å². The molecular formula is C21H26N2OS2. The Morgan fingerprint density at radius 1 is 1.12 bits per heavy atom. The van der Waals surface area contributed by atoms with Gasteiger partial charge in [0.05, 0.1) is 11.4 Å². The standard InChI is InChI=1S/C21H26N2OS2/c1-22-13-6-5-7-16(22)12-14-23-18-8-3-4-9-20(18)25-21-11-10-17(26(2)24)15-19(21)23/h3-4,8-11,15-16H,5-7,12-14H2,1-2H3/t16?,26-/m0/s1. The van der Waals surface area contributed by atoms with Gasteiger partial charge < -0.3 is 9.80 Å². The monoisotopic (exact) mass is 386 g/mol. The van der Waals surface area contributed by atoms with E-state index in [1.165, 1.54) is 47.0 Å². The number of hydrogen-bond acceptors (Lipinski definition) is 4. The molecule has 26 heavy (non-hydrogen) atoms. The SMILES string of the molecule is CN1CCCCC1CCN1c2ccccc2Sc2ccc([S@](C)=O)cc21. The summed E-state index contributed by atoms with van der Waals surface area (Å²) in [7, 11) is 1.30. The van der Waals surface area contributed by atoms with Gasteiger partial charge in [-0.05, 0) is 63.2 Å². The van der Waals surface area contributed by atoms with Gasteiger partial charge in [-0.15, -0.1) is 0 Å². The summed E-state index contributed by atoms with van der Waals surface area (Å²) in [4.78, 5) is 8.44. The van der Waals surface area contributed by atoms with Crippen LogP contribution in [0, 0.1) is 0 Å². The molecule has 2 aliphatic rings. The average Bonchev–Trinajstić information content (AvgIpc) is 2.66. The van der Waals surface area contributed by atoms with Gasteiger partial charge in [0.2, 0.25) is 0 Å². The molecule has 2 aliphatic heterocycles. The maximum Gasteiger partial charge on any atom is 0.0565 e. The summed E-state index contributed by atoms with van der Waals surface area (Å²) in [6.45, 7) is 2.21. The molecule has 0 aliphatic carbocycles. The fourth-order valence-electron chi connectivity index (χ4n) is 4.02. The molecule has 5 heteroatoms. The van der Waals surface area contributed by atoms with E-state index in [1.807, 2.05) is 17.8 Å². The number of rotatable bonds is 4. The predicted octanol–water partition coefficient (Wildman–Crippen LogP) is 4.90. The zero-order chi connectivity index (χ0) is 18.1. The molecule has 0 bridgehead atoms. The van der Waals surface area contributed by atoms with Crippen molar-refractivity contribution in [2.75, 3.05) is 31.3 Å². The van der Waals surface area contributed by atoms with E-state index in [0.717, 1.165) is 17.9 Å². The summed E-state index contributed by atoms with van der Waals surface area (Å²) in [5.74, 6) is 0. The van der Waals surface area contributed by atoms with Gasteiger partial charge >= 0.3 is 0 Å². The lowest BCUT2D eigenvalue weighted by Crippen LogP contribution is -2.38. The first-order valence-corrected chi connectivity index (χ1v) is 11.7. The highest BCUT2D eigenvalue weighted by atomic mass is 32.2. The van der Waals surface area contributed by atoms with Crippen molar-refractivity contribution >= 4 is 33.9 Å². The van der Waals surface area contributed by atoms with E-state index in [4.69, 9.17) is 0 Å². The molecule has 1 saturated heterocycles. The van der Waals surface area contributed by atoms with Gasteiger partial charge in [0.1, 0.15) is 0 Å². The molecule has 2 aromatic rings. The second kappa shape index (κ2) is 7.75. The Labute approximate surface area is 163 Å². The molecule has 3 nitrogen and oxygen atoms in total. The van der Waals surface area contributed by atoms with Crippen molar-refractivity contribution in [2.24, 2.45) is 0 Å². The predicted molar refractivity (Wildman–Crippen MR) is 111 cm³/mol. The van der Waals surface area contributed by atoms with E-state index in [2.05, 4.69) is 53.2 Å². The van der Waals surface area contributed by atoms with E-state index >= 15 is 0 Å². The quantitative estimate of drug-likeness (QED) is 0.745. The lowest BCUT2D eigenvalue weighted by Gasteiger charge is -2.37. The number of hydrogen-bond donors (Lipinski definition) is 0. The first kappa shape index (κ1) is 18.1. The van der Waals surface area contributed by atoms with Crippen LogP contribution in [-0.4, -0.2) is 41.5 Å². The van der Waals surface area contributed by atoms with E-state index in [9.17, 15) is 4.21 Å². The molecule has 0 spiro atoms. The Morgan fingerprint density at radius 3 is 2.73 bits per heavy atom. The Balaban J connectivity index is 1.65. The van der Waals surface area contributed by atoms with Crippen molar-refractivity contribution in [1.29, 1.82) is 0 Å². The van der Waals surface area contributed by atoms with Crippen LogP contribution in [0.4, 0.5) is 11.4 Å². The van der Waals surface area contributed by atoms with Crippen LogP contribution in [-0.2, 0) is 10.8 Å². The Kier molecular flexibility index (Phi) is 5.39. The third kappa shape index (κ3) is 3.57. The smallest absolute Gasteiger partial charge is 0.0565 e. The fourth-order valence-corrected chi connectivity index (χ4v) is 5.63. The number of nitrogens with zero attached hydrogens (tertiary/aromatic N) is 2. The van der Waals surface area contributed by atoms with Crippen LogP contribution < -0.4 is 4.90 Å². The molecule has 4 rings (SSSR count). The molecule has 1 fully saturated rings. The van der Waals surface area contributed by atoms with Crippen LogP contribution in [0.3, 0.4) is 0 Å². The normalized spacial score (nSPS) is 21.2. The maximum absolute atomic E-state index is 12.0. The Hall–Kier alpha value is -1.30. The van der Waals surface area contributed by atoms with Crippen molar-refractivity contribution in [1.82, 2.24) is 4.90 Å². The Bertz CT molecular complexity index is 823. The highest BCUT2D eigenvalue weighted by Crippen LogP contribution is 2.48. The maximum atomic E-state index is 12.0. The lowest BCUT2D eigenvalue weighted by molar-refractivity contribution is 0.178. The molecule has 0 aromatic heterocycles. The van der Waals surface area contributed by atoms with E-state index < -0.39 is 10.8 Å². The lowest BCUT2D eigenvalue weighted by atomic mass is 9.99. The van der Waals surface area contributed by atoms with Gasteiger partial charge in [0, 0.05) is 44.3 Å². The number of fused-ring (bicyclic) bond motifs is 2. The van der Waals surface area contributed by atoms with Gasteiger partial charge in [-0.1, -0.05) is 30.3 Å². The first-order valence-electron chi connectivity index (χ1n) is 9.35. The summed E-state index contributed by atoms with van der Waals surface area (Å²) in [6.07, 6.45) is 6.88. The van der Waals surface area contributed by atoms with Crippen LogP contribution in [0.5, 0.6) is 0 Å². The number of piperidine rings is 1. The summed E-state index contributed by atoms with van der Waals surface area (Å²) in [6, 6.07) is 15.6. The molecule has 2 atom stereocenters. The Morgan fingerprint density at radius 2 is 1.92 bits per heavy atom. The number of likely N-dealkylation sites (tertiary alicyclic amines) is 1. The zero-order valence-electron chi connectivity index (χ0n) is 15.5. The molecular weight excluding hydrogens is 360 g/mol. The van der Waals surface area contributed by atoms with Crippen molar-refractivity contribution in [3.8, 4) is 0 Å². The van der Waals surface area contributed by atoms with Crippen LogP contribution in [0.15, 0.2) is 57.2 Å². The number of benzene rings is 2. The van der Waals surface area contributed by atoms with Crippen LogP contribution in [0.1, 0.15) is 25.7 Å². The van der Waals surface area contributed by atoms with Crippen molar-refractivity contribution in [2.45, 2.75) is 46.4 Å². The summed E-state index contributed by atoms with van der Waals surface area (Å²) in [5.41, 5.74) is 2.49. The summed E-state index contributed by atoms with van der Waals surface area (Å²) < 4.78 is 12.0. The highest BCUT2D eigenvalue weighted by Gasteiger charge is 2.26. The second-order valence-electron chi connectivity index (χ2n) is 7.22. The van der Waals surface area contributed by atoms with Crippen LogP contribution in [0.2, 0.25) is 0 Å². The minimum Gasteiger partial charge on any atom is -0.340 e. The minimum atomic E-state index is -0.958. The molecule has 0 saturated carbocycles. The number of para-hydroxylation sites is 1. The zero-order valence-corrected chi connectivity index (χ0v) is 17.1. The highest BCUT2D eigenvalue weighted by molar-refractivity contribution is 7.99. The van der Waals surface area contributed by atoms with Crippen molar-refractivity contribution in [3.05, 3.63) is 42.5 Å². The molecule has 0 N–H and O–H groups in total. The molecule has 2 heterocycles. The average molecular weight is 387 g/mol. The van der Waals surface area contributed by atoms with Crippen molar-refractivity contribution in [3.63, 3.8) is 0 Å². The fraction of sp³-hybridized carbons (Fsp3) is 0.429. The molecule has 2 aromatic carbocycles.